The molecule has 7 nitrogen and oxygen atoms in total. The molecule has 1 aromatic carbocycles. The summed E-state index contributed by atoms with van der Waals surface area (Å²) in [7, 11) is 0. The first-order valence-corrected chi connectivity index (χ1v) is 11.8. The lowest BCUT2D eigenvalue weighted by molar-refractivity contribution is 0.102. The fraction of sp³-hybridized carbons (Fsp3) is 0.320. The van der Waals surface area contributed by atoms with Crippen LogP contribution in [0.5, 0.6) is 0 Å². The molecule has 170 valence electrons. The Hall–Kier alpha value is -3.32. The SMILES string of the molecule is O=C1Nc2ccc(-n3cccn3)c(n2)NCC/C=C/CC2CCN(CC2)c2cc(Cl)ccc21. The van der Waals surface area contributed by atoms with Crippen molar-refractivity contribution in [3.63, 3.8) is 0 Å². The predicted molar refractivity (Wildman–Crippen MR) is 133 cm³/mol. The zero-order valence-electron chi connectivity index (χ0n) is 18.4. The monoisotopic (exact) mass is 462 g/mol. The number of nitrogens with one attached hydrogen (secondary N) is 2. The van der Waals surface area contributed by atoms with Crippen molar-refractivity contribution in [2.75, 3.05) is 35.2 Å². The summed E-state index contributed by atoms with van der Waals surface area (Å²) in [5.74, 6) is 1.63. The van der Waals surface area contributed by atoms with E-state index in [0.29, 0.717) is 28.1 Å². The molecular formula is C25H27ClN6O. The van der Waals surface area contributed by atoms with E-state index in [0.717, 1.165) is 56.7 Å². The molecule has 3 aromatic rings. The fourth-order valence-corrected chi connectivity index (χ4v) is 4.65. The van der Waals surface area contributed by atoms with Gasteiger partial charge in [0.2, 0.25) is 0 Å². The van der Waals surface area contributed by atoms with Crippen molar-refractivity contribution >= 4 is 34.8 Å². The van der Waals surface area contributed by atoms with Crippen LogP contribution in [-0.4, -0.2) is 40.3 Å². The van der Waals surface area contributed by atoms with Gasteiger partial charge in [-0.25, -0.2) is 9.67 Å². The lowest BCUT2D eigenvalue weighted by Gasteiger charge is -2.34. The van der Waals surface area contributed by atoms with Crippen LogP contribution in [0.1, 0.15) is 36.0 Å². The van der Waals surface area contributed by atoms with E-state index in [-0.39, 0.29) is 5.91 Å². The molecular weight excluding hydrogens is 436 g/mol. The zero-order chi connectivity index (χ0) is 22.6. The summed E-state index contributed by atoms with van der Waals surface area (Å²) in [5.41, 5.74) is 2.32. The average molecular weight is 463 g/mol. The number of aromatic nitrogens is 3. The molecule has 0 atom stereocenters. The Balaban J connectivity index is 1.50. The Labute approximate surface area is 198 Å². The summed E-state index contributed by atoms with van der Waals surface area (Å²) in [6.45, 7) is 2.58. The summed E-state index contributed by atoms with van der Waals surface area (Å²) in [4.78, 5) is 20.3. The Morgan fingerprint density at radius 2 is 1.94 bits per heavy atom. The first-order valence-electron chi connectivity index (χ1n) is 11.4. The number of rotatable bonds is 1. The topological polar surface area (TPSA) is 75.1 Å². The van der Waals surface area contributed by atoms with Gasteiger partial charge in [-0.15, -0.1) is 0 Å². The van der Waals surface area contributed by atoms with Gasteiger partial charge < -0.3 is 15.5 Å². The number of pyridine rings is 1. The first-order chi connectivity index (χ1) is 16.2. The van der Waals surface area contributed by atoms with E-state index in [1.54, 1.807) is 29.1 Å². The van der Waals surface area contributed by atoms with Crippen LogP contribution >= 0.6 is 11.6 Å². The third-order valence-corrected chi connectivity index (χ3v) is 6.50. The molecule has 5 heterocycles. The molecule has 33 heavy (non-hydrogen) atoms. The second kappa shape index (κ2) is 9.67. The van der Waals surface area contributed by atoms with Crippen LogP contribution in [-0.2, 0) is 0 Å². The fourth-order valence-electron chi connectivity index (χ4n) is 4.48. The minimum atomic E-state index is -0.194. The smallest absolute Gasteiger partial charge is 0.258 e. The van der Waals surface area contributed by atoms with Crippen LogP contribution in [0.2, 0.25) is 5.02 Å². The van der Waals surface area contributed by atoms with Gasteiger partial charge in [0.1, 0.15) is 11.5 Å². The normalized spacial score (nSPS) is 18.2. The van der Waals surface area contributed by atoms with Gasteiger partial charge in [0.25, 0.3) is 5.91 Å². The predicted octanol–water partition coefficient (Wildman–Crippen LogP) is 5.15. The number of piperidine rings is 1. The van der Waals surface area contributed by atoms with Crippen LogP contribution in [0.4, 0.5) is 17.3 Å². The van der Waals surface area contributed by atoms with Gasteiger partial charge in [0, 0.05) is 37.1 Å². The molecule has 1 fully saturated rings. The number of hydrogen-bond acceptors (Lipinski definition) is 5. The summed E-state index contributed by atoms with van der Waals surface area (Å²) in [6, 6.07) is 11.0. The van der Waals surface area contributed by atoms with Gasteiger partial charge >= 0.3 is 0 Å². The Morgan fingerprint density at radius 3 is 2.76 bits per heavy atom. The molecule has 0 aliphatic carbocycles. The highest BCUT2D eigenvalue weighted by molar-refractivity contribution is 6.31. The maximum Gasteiger partial charge on any atom is 0.258 e. The summed E-state index contributed by atoms with van der Waals surface area (Å²) >= 11 is 6.31. The first kappa shape index (κ1) is 21.5. The lowest BCUT2D eigenvalue weighted by Crippen LogP contribution is -2.35. The molecule has 0 spiro atoms. The van der Waals surface area contributed by atoms with Gasteiger partial charge in [-0.05, 0) is 68.0 Å². The minimum Gasteiger partial charge on any atom is -0.371 e. The van der Waals surface area contributed by atoms with E-state index in [4.69, 9.17) is 16.6 Å². The second-order valence-electron chi connectivity index (χ2n) is 8.48. The number of nitrogens with zero attached hydrogens (tertiary/aromatic N) is 4. The van der Waals surface area contributed by atoms with Crippen LogP contribution in [0.25, 0.3) is 5.69 Å². The van der Waals surface area contributed by atoms with Crippen molar-refractivity contribution in [1.29, 1.82) is 0 Å². The number of fused-ring (bicyclic) bond motifs is 7. The zero-order valence-corrected chi connectivity index (χ0v) is 19.1. The molecule has 1 amide bonds. The molecule has 0 unspecified atom stereocenters. The van der Waals surface area contributed by atoms with Gasteiger partial charge in [-0.2, -0.15) is 5.10 Å². The maximum absolute atomic E-state index is 13.3. The number of hydrogen-bond donors (Lipinski definition) is 2. The largest absolute Gasteiger partial charge is 0.371 e. The Kier molecular flexibility index (Phi) is 6.30. The van der Waals surface area contributed by atoms with E-state index < -0.39 is 0 Å². The molecule has 3 aliphatic rings. The molecule has 2 N–H and O–H groups in total. The number of carbonyl (C=O) groups excluding carboxylic acids is 1. The van der Waals surface area contributed by atoms with Crippen molar-refractivity contribution in [3.05, 3.63) is 71.5 Å². The number of benzene rings is 1. The van der Waals surface area contributed by atoms with E-state index in [2.05, 4.69) is 32.8 Å². The maximum atomic E-state index is 13.3. The quantitative estimate of drug-likeness (QED) is 0.489. The molecule has 1 saturated heterocycles. The number of anilines is 3. The average Bonchev–Trinajstić information content (AvgIpc) is 3.36. The standard InChI is InChI=1S/C25H27ClN6O/c26-19-6-7-20-22(17-19)31-15-10-18(11-16-31)5-2-1-3-12-27-24-21(32-14-4-13-28-32)8-9-23(29-24)30-25(20)33/h1-2,4,6-9,13-14,17-18H,3,5,10-12,15-16H2,(H2,27,29,30,33)/b2-1+. The highest BCUT2D eigenvalue weighted by Gasteiger charge is 2.23. The number of halogens is 1. The number of amides is 1. The van der Waals surface area contributed by atoms with Crippen molar-refractivity contribution in [1.82, 2.24) is 14.8 Å². The second-order valence-corrected chi connectivity index (χ2v) is 8.92. The third kappa shape index (κ3) is 4.88. The Bertz CT molecular complexity index is 1150. The van der Waals surface area contributed by atoms with Crippen LogP contribution in [0.15, 0.2) is 60.9 Å². The van der Waals surface area contributed by atoms with Crippen LogP contribution < -0.4 is 15.5 Å². The molecule has 8 heteroatoms. The van der Waals surface area contributed by atoms with Crippen LogP contribution in [0.3, 0.4) is 0 Å². The number of carbonyl (C=O) groups is 1. The lowest BCUT2D eigenvalue weighted by atomic mass is 9.92. The van der Waals surface area contributed by atoms with Gasteiger partial charge in [0.05, 0.1) is 11.3 Å². The molecule has 2 aromatic heterocycles. The molecule has 6 rings (SSSR count). The summed E-state index contributed by atoms with van der Waals surface area (Å²) in [6.07, 6.45) is 12.3. The molecule has 4 bridgehead atoms. The number of allylic oxidation sites excluding steroid dienone is 1. The van der Waals surface area contributed by atoms with Crippen molar-refractivity contribution in [2.24, 2.45) is 5.92 Å². The van der Waals surface area contributed by atoms with Gasteiger partial charge in [-0.1, -0.05) is 23.8 Å². The van der Waals surface area contributed by atoms with Crippen LogP contribution in [0, 0.1) is 5.92 Å². The van der Waals surface area contributed by atoms with Gasteiger partial charge in [-0.3, -0.25) is 4.79 Å². The minimum absolute atomic E-state index is 0.194. The van der Waals surface area contributed by atoms with E-state index >= 15 is 0 Å². The molecule has 3 aliphatic heterocycles. The summed E-state index contributed by atoms with van der Waals surface area (Å²) < 4.78 is 1.77. The third-order valence-electron chi connectivity index (χ3n) is 6.27. The van der Waals surface area contributed by atoms with E-state index in [1.165, 1.54) is 0 Å². The van der Waals surface area contributed by atoms with E-state index in [1.807, 2.05) is 24.4 Å². The van der Waals surface area contributed by atoms with E-state index in [9.17, 15) is 4.79 Å². The molecule has 0 radical (unpaired) electrons. The van der Waals surface area contributed by atoms with Crippen molar-refractivity contribution < 1.29 is 4.79 Å². The molecule has 0 saturated carbocycles. The van der Waals surface area contributed by atoms with Gasteiger partial charge in [0.15, 0.2) is 5.82 Å². The highest BCUT2D eigenvalue weighted by Crippen LogP contribution is 2.31. The van der Waals surface area contributed by atoms with Crippen molar-refractivity contribution in [2.45, 2.75) is 25.7 Å². The summed E-state index contributed by atoms with van der Waals surface area (Å²) in [5, 5.41) is 11.4. The highest BCUT2D eigenvalue weighted by atomic mass is 35.5. The Morgan fingerprint density at radius 1 is 1.06 bits per heavy atom. The van der Waals surface area contributed by atoms with Crippen molar-refractivity contribution in [3.8, 4) is 5.69 Å².